The summed E-state index contributed by atoms with van der Waals surface area (Å²) in [7, 11) is 0. The largest absolute Gasteiger partial charge is 0.310 e. The van der Waals surface area contributed by atoms with Crippen LogP contribution in [-0.2, 0) is 6.54 Å². The van der Waals surface area contributed by atoms with Gasteiger partial charge in [-0.25, -0.2) is 14.4 Å². The predicted molar refractivity (Wildman–Crippen MR) is 86.2 cm³/mol. The van der Waals surface area contributed by atoms with Gasteiger partial charge in [0.25, 0.3) is 11.5 Å². The molecule has 2 heterocycles. The lowest BCUT2D eigenvalue weighted by atomic mass is 10.2. The molecule has 120 valence electrons. The van der Waals surface area contributed by atoms with E-state index in [9.17, 15) is 14.0 Å². The molecule has 0 spiro atoms. The molecule has 2 aromatic heterocycles. The molecular weight excluding hydrogens is 311 g/mol. The summed E-state index contributed by atoms with van der Waals surface area (Å²) in [6.45, 7) is 0.166. The molecule has 0 fully saturated rings. The number of amides is 1. The van der Waals surface area contributed by atoms with Gasteiger partial charge in [-0.3, -0.25) is 14.9 Å². The van der Waals surface area contributed by atoms with Gasteiger partial charge in [0.1, 0.15) is 11.4 Å². The van der Waals surface area contributed by atoms with E-state index in [4.69, 9.17) is 0 Å². The highest BCUT2D eigenvalue weighted by Crippen LogP contribution is 2.06. The summed E-state index contributed by atoms with van der Waals surface area (Å²) in [6.07, 6.45) is 4.51. The van der Waals surface area contributed by atoms with Crippen LogP contribution in [-0.4, -0.2) is 20.4 Å². The Balaban J connectivity index is 1.85. The summed E-state index contributed by atoms with van der Waals surface area (Å²) in [6, 6.07) is 10.6. The summed E-state index contributed by atoms with van der Waals surface area (Å²) in [4.78, 5) is 32.4. The Morgan fingerprint density at radius 1 is 1.12 bits per heavy atom. The number of carbonyl (C=O) groups excluding carboxylic acids is 1. The van der Waals surface area contributed by atoms with E-state index < -0.39 is 11.5 Å². The lowest BCUT2D eigenvalue weighted by Crippen LogP contribution is -2.29. The molecule has 0 bridgehead atoms. The van der Waals surface area contributed by atoms with Crippen LogP contribution >= 0.6 is 0 Å². The molecule has 0 saturated carbocycles. The summed E-state index contributed by atoms with van der Waals surface area (Å²) in [5, 5.41) is 2.46. The van der Waals surface area contributed by atoms with E-state index in [1.165, 1.54) is 35.2 Å². The number of nitrogens with one attached hydrogen (secondary N) is 1. The molecule has 3 aromatic rings. The Labute approximate surface area is 136 Å². The van der Waals surface area contributed by atoms with Crippen molar-refractivity contribution in [2.24, 2.45) is 0 Å². The van der Waals surface area contributed by atoms with Gasteiger partial charge in [0.05, 0.1) is 6.54 Å². The minimum atomic E-state index is -0.597. The van der Waals surface area contributed by atoms with Crippen molar-refractivity contribution in [3.63, 3.8) is 0 Å². The number of hydrogen-bond donors (Lipinski definition) is 1. The molecule has 0 radical (unpaired) electrons. The van der Waals surface area contributed by atoms with E-state index in [0.29, 0.717) is 5.56 Å². The number of nitrogens with zero attached hydrogens (tertiary/aromatic N) is 3. The Hall–Kier alpha value is -3.35. The van der Waals surface area contributed by atoms with Gasteiger partial charge in [0.2, 0.25) is 5.95 Å². The van der Waals surface area contributed by atoms with Crippen molar-refractivity contribution in [1.82, 2.24) is 14.5 Å². The Morgan fingerprint density at radius 2 is 1.92 bits per heavy atom. The third-order valence-corrected chi connectivity index (χ3v) is 3.30. The molecule has 7 heteroatoms. The van der Waals surface area contributed by atoms with Crippen molar-refractivity contribution < 1.29 is 9.18 Å². The fraction of sp³-hybridized carbons (Fsp3) is 0.0588. The van der Waals surface area contributed by atoms with Crippen LogP contribution in [0.25, 0.3) is 0 Å². The first-order valence-electron chi connectivity index (χ1n) is 7.16. The van der Waals surface area contributed by atoms with Crippen LogP contribution in [0.2, 0.25) is 0 Å². The second-order valence-corrected chi connectivity index (χ2v) is 5.01. The van der Waals surface area contributed by atoms with E-state index in [1.54, 1.807) is 30.5 Å². The standard InChI is InChI=1S/C17H13FN4O2/c18-13-5-1-4-12(10-13)11-22-9-2-6-14(16(22)24)15(23)21-17-19-7-3-8-20-17/h1-10H,11H2,(H,19,20,21,23). The maximum absolute atomic E-state index is 13.3. The van der Waals surface area contributed by atoms with Crippen molar-refractivity contribution in [3.8, 4) is 0 Å². The quantitative estimate of drug-likeness (QED) is 0.797. The lowest BCUT2D eigenvalue weighted by Gasteiger charge is -2.08. The van der Waals surface area contributed by atoms with E-state index in [-0.39, 0.29) is 23.9 Å². The zero-order chi connectivity index (χ0) is 16.9. The van der Waals surface area contributed by atoms with Crippen molar-refractivity contribution in [3.05, 3.63) is 88.4 Å². The normalized spacial score (nSPS) is 10.4. The summed E-state index contributed by atoms with van der Waals surface area (Å²) < 4.78 is 14.6. The summed E-state index contributed by atoms with van der Waals surface area (Å²) >= 11 is 0. The highest BCUT2D eigenvalue weighted by atomic mass is 19.1. The van der Waals surface area contributed by atoms with Crippen molar-refractivity contribution in [1.29, 1.82) is 0 Å². The van der Waals surface area contributed by atoms with Crippen LogP contribution in [0.15, 0.2) is 65.8 Å². The molecular formula is C17H13FN4O2. The van der Waals surface area contributed by atoms with E-state index >= 15 is 0 Å². The van der Waals surface area contributed by atoms with Crippen LogP contribution in [0, 0.1) is 5.82 Å². The molecule has 3 rings (SSSR count). The second kappa shape index (κ2) is 6.82. The molecule has 0 aliphatic carbocycles. The zero-order valence-electron chi connectivity index (χ0n) is 12.5. The number of aromatic nitrogens is 3. The Morgan fingerprint density at radius 3 is 2.67 bits per heavy atom. The van der Waals surface area contributed by atoms with E-state index in [1.807, 2.05) is 0 Å². The molecule has 1 N–H and O–H groups in total. The van der Waals surface area contributed by atoms with E-state index in [2.05, 4.69) is 15.3 Å². The lowest BCUT2D eigenvalue weighted by molar-refractivity contribution is 0.102. The molecule has 1 amide bonds. The highest BCUT2D eigenvalue weighted by Gasteiger charge is 2.13. The van der Waals surface area contributed by atoms with Crippen LogP contribution < -0.4 is 10.9 Å². The summed E-state index contributed by atoms with van der Waals surface area (Å²) in [5.74, 6) is -0.863. The molecule has 6 nitrogen and oxygen atoms in total. The average Bonchev–Trinajstić information content (AvgIpc) is 2.58. The first-order chi connectivity index (χ1) is 11.6. The first kappa shape index (κ1) is 15.5. The fourth-order valence-electron chi connectivity index (χ4n) is 2.20. The Kier molecular flexibility index (Phi) is 4.42. The number of benzene rings is 1. The molecule has 0 aliphatic heterocycles. The minimum Gasteiger partial charge on any atom is -0.310 e. The number of pyridine rings is 1. The first-order valence-corrected chi connectivity index (χ1v) is 7.16. The number of anilines is 1. The maximum Gasteiger partial charge on any atom is 0.263 e. The van der Waals surface area contributed by atoms with Crippen molar-refractivity contribution >= 4 is 11.9 Å². The highest BCUT2D eigenvalue weighted by molar-refractivity contribution is 6.02. The van der Waals surface area contributed by atoms with Gasteiger partial charge in [-0.05, 0) is 35.9 Å². The number of halogens is 1. The van der Waals surface area contributed by atoms with Gasteiger partial charge in [-0.15, -0.1) is 0 Å². The summed E-state index contributed by atoms with van der Waals surface area (Å²) in [5.41, 5.74) is 0.109. The van der Waals surface area contributed by atoms with Gasteiger partial charge in [-0.2, -0.15) is 0 Å². The van der Waals surface area contributed by atoms with E-state index in [0.717, 1.165) is 0 Å². The number of carbonyl (C=O) groups is 1. The molecule has 1 aromatic carbocycles. The molecule has 0 atom stereocenters. The fourth-order valence-corrected chi connectivity index (χ4v) is 2.20. The molecule has 24 heavy (non-hydrogen) atoms. The molecule has 0 saturated heterocycles. The van der Waals surface area contributed by atoms with Crippen LogP contribution in [0.1, 0.15) is 15.9 Å². The minimum absolute atomic E-state index is 0.0404. The number of hydrogen-bond acceptors (Lipinski definition) is 4. The van der Waals surface area contributed by atoms with Crippen molar-refractivity contribution in [2.75, 3.05) is 5.32 Å². The predicted octanol–water partition coefficient (Wildman–Crippen LogP) is 2.08. The third kappa shape index (κ3) is 3.52. The smallest absolute Gasteiger partial charge is 0.263 e. The number of rotatable bonds is 4. The third-order valence-electron chi connectivity index (χ3n) is 3.30. The molecule has 0 aliphatic rings. The average molecular weight is 324 g/mol. The van der Waals surface area contributed by atoms with Crippen LogP contribution in [0.5, 0.6) is 0 Å². The van der Waals surface area contributed by atoms with Gasteiger partial charge in [-0.1, -0.05) is 12.1 Å². The molecule has 0 unspecified atom stereocenters. The van der Waals surface area contributed by atoms with Gasteiger partial charge >= 0.3 is 0 Å². The zero-order valence-corrected chi connectivity index (χ0v) is 12.5. The maximum atomic E-state index is 13.3. The van der Waals surface area contributed by atoms with Crippen LogP contribution in [0.3, 0.4) is 0 Å². The monoisotopic (exact) mass is 324 g/mol. The van der Waals surface area contributed by atoms with Gasteiger partial charge in [0, 0.05) is 18.6 Å². The van der Waals surface area contributed by atoms with Gasteiger partial charge < -0.3 is 4.57 Å². The SMILES string of the molecule is O=C(Nc1ncccn1)c1cccn(Cc2cccc(F)c2)c1=O. The second-order valence-electron chi connectivity index (χ2n) is 5.01. The van der Waals surface area contributed by atoms with Crippen molar-refractivity contribution in [2.45, 2.75) is 6.54 Å². The van der Waals surface area contributed by atoms with Gasteiger partial charge in [0.15, 0.2) is 0 Å². The van der Waals surface area contributed by atoms with Crippen LogP contribution in [0.4, 0.5) is 10.3 Å². The Bertz CT molecular complexity index is 925. The topological polar surface area (TPSA) is 76.9 Å².